The Labute approximate surface area is 164 Å². The largest absolute Gasteiger partial charge is 0.408 e. The molecule has 3 aliphatic rings. The van der Waals surface area contributed by atoms with Gasteiger partial charge in [0.15, 0.2) is 0 Å². The van der Waals surface area contributed by atoms with E-state index in [0.717, 1.165) is 45.2 Å². The molecule has 1 aliphatic heterocycles. The van der Waals surface area contributed by atoms with Gasteiger partial charge in [0.1, 0.15) is 6.04 Å². The zero-order valence-corrected chi connectivity index (χ0v) is 16.6. The van der Waals surface area contributed by atoms with E-state index in [0.29, 0.717) is 17.3 Å². The molecule has 0 aromatic carbocycles. The summed E-state index contributed by atoms with van der Waals surface area (Å²) in [6.45, 7) is 3.61. The topological polar surface area (TPSA) is 89.1 Å². The van der Waals surface area contributed by atoms with Crippen LogP contribution in [0.4, 0.5) is 6.01 Å². The molecule has 150 valence electrons. The molecule has 5 rings (SSSR count). The van der Waals surface area contributed by atoms with Crippen LogP contribution < -0.4 is 5.32 Å². The predicted molar refractivity (Wildman–Crippen MR) is 103 cm³/mol. The number of rotatable bonds is 4. The van der Waals surface area contributed by atoms with Gasteiger partial charge in [-0.25, -0.2) is 0 Å². The zero-order valence-electron chi connectivity index (χ0n) is 16.6. The van der Waals surface area contributed by atoms with Gasteiger partial charge in [-0.3, -0.25) is 9.48 Å². The number of carbonyl (C=O) groups excluding carboxylic acids is 1. The number of amides is 1. The maximum Gasteiger partial charge on any atom is 0.316 e. The highest BCUT2D eigenvalue weighted by Gasteiger charge is 2.45. The Bertz CT molecular complexity index is 873. The predicted octanol–water partition coefficient (Wildman–Crippen LogP) is 2.28. The number of carbonyl (C=O) groups is 1. The quantitative estimate of drug-likeness (QED) is 0.870. The molecule has 28 heavy (non-hydrogen) atoms. The Hall–Kier alpha value is -2.38. The summed E-state index contributed by atoms with van der Waals surface area (Å²) >= 11 is 0. The fourth-order valence-corrected chi connectivity index (χ4v) is 4.75. The summed E-state index contributed by atoms with van der Waals surface area (Å²) in [5, 5.41) is 15.8. The normalized spacial score (nSPS) is 24.1. The van der Waals surface area contributed by atoms with Crippen molar-refractivity contribution in [1.82, 2.24) is 24.9 Å². The van der Waals surface area contributed by atoms with Gasteiger partial charge in [-0.15, -0.1) is 5.10 Å². The molecule has 1 N–H and O–H groups in total. The van der Waals surface area contributed by atoms with Gasteiger partial charge in [-0.2, -0.15) is 5.10 Å². The van der Waals surface area contributed by atoms with E-state index in [1.165, 1.54) is 24.1 Å². The lowest BCUT2D eigenvalue weighted by molar-refractivity contribution is -0.133. The summed E-state index contributed by atoms with van der Waals surface area (Å²) < 4.78 is 7.81. The summed E-state index contributed by atoms with van der Waals surface area (Å²) in [6, 6.07) is -0.0265. The lowest BCUT2D eigenvalue weighted by Gasteiger charge is -2.33. The van der Waals surface area contributed by atoms with Gasteiger partial charge in [-0.1, -0.05) is 5.10 Å². The number of aromatic nitrogens is 4. The number of likely N-dealkylation sites (tertiary alicyclic amines) is 1. The van der Waals surface area contributed by atoms with Crippen molar-refractivity contribution >= 4 is 11.9 Å². The van der Waals surface area contributed by atoms with Gasteiger partial charge in [0.05, 0.1) is 6.20 Å². The van der Waals surface area contributed by atoms with Gasteiger partial charge in [0.25, 0.3) is 0 Å². The van der Waals surface area contributed by atoms with E-state index in [2.05, 4.69) is 20.6 Å². The van der Waals surface area contributed by atoms with Crippen molar-refractivity contribution in [2.24, 2.45) is 12.5 Å². The van der Waals surface area contributed by atoms with Crippen molar-refractivity contribution in [3.8, 4) is 0 Å². The second-order valence-electron chi connectivity index (χ2n) is 8.82. The third kappa shape index (κ3) is 3.18. The van der Waals surface area contributed by atoms with Gasteiger partial charge < -0.3 is 14.6 Å². The molecule has 0 bridgehead atoms. The SMILES string of the molecule is C[C@H](Nc1nnc([C@H]2CCc3c(cnn3C)C2)o1)C(=O)N1CCC2(CC1)CC2. The number of fused-ring (bicyclic) bond motifs is 1. The number of hydrogen-bond acceptors (Lipinski definition) is 6. The Kier molecular flexibility index (Phi) is 4.17. The zero-order chi connectivity index (χ0) is 19.3. The summed E-state index contributed by atoms with van der Waals surface area (Å²) in [7, 11) is 1.99. The van der Waals surface area contributed by atoms with Gasteiger partial charge in [0, 0.05) is 31.7 Å². The standard InChI is InChI=1S/C20H28N6O2/c1-13(18(27)26-9-7-20(5-6-20)8-10-26)22-19-24-23-17(28-19)14-3-4-16-15(11-14)12-21-25(16)2/h12-14H,3-11H2,1-2H3,(H,22,24)/t13-,14-/m0/s1. The molecule has 1 amide bonds. The number of nitrogens with one attached hydrogen (secondary N) is 1. The fourth-order valence-electron chi connectivity index (χ4n) is 4.75. The number of nitrogens with zero attached hydrogens (tertiary/aromatic N) is 5. The van der Waals surface area contributed by atoms with E-state index in [-0.39, 0.29) is 17.9 Å². The van der Waals surface area contributed by atoms with Crippen LogP contribution in [0.3, 0.4) is 0 Å². The Morgan fingerprint density at radius 2 is 2.07 bits per heavy atom. The summed E-state index contributed by atoms with van der Waals surface area (Å²) in [4.78, 5) is 14.7. The first-order valence-electron chi connectivity index (χ1n) is 10.4. The minimum absolute atomic E-state index is 0.118. The van der Waals surface area contributed by atoms with Crippen LogP contribution in [0, 0.1) is 5.41 Å². The van der Waals surface area contributed by atoms with Gasteiger partial charge >= 0.3 is 6.01 Å². The molecule has 1 saturated carbocycles. The monoisotopic (exact) mass is 384 g/mol. The maximum atomic E-state index is 12.7. The summed E-state index contributed by atoms with van der Waals surface area (Å²) in [5.41, 5.74) is 3.12. The van der Waals surface area contributed by atoms with E-state index < -0.39 is 0 Å². The average Bonchev–Trinajstić information content (AvgIpc) is 3.12. The first-order chi connectivity index (χ1) is 13.5. The van der Waals surface area contributed by atoms with E-state index in [1.807, 2.05) is 29.7 Å². The number of aryl methyl sites for hydroxylation is 1. The van der Waals surface area contributed by atoms with Crippen molar-refractivity contribution < 1.29 is 9.21 Å². The molecule has 2 atom stereocenters. The Balaban J connectivity index is 1.19. The van der Waals surface area contributed by atoms with Crippen LogP contribution in [-0.2, 0) is 24.7 Å². The van der Waals surface area contributed by atoms with Crippen LogP contribution in [0.2, 0.25) is 0 Å². The third-order valence-corrected chi connectivity index (χ3v) is 6.94. The summed E-state index contributed by atoms with van der Waals surface area (Å²) in [6.07, 6.45) is 9.72. The van der Waals surface area contributed by atoms with Crippen molar-refractivity contribution in [1.29, 1.82) is 0 Å². The van der Waals surface area contributed by atoms with Gasteiger partial charge in [0.2, 0.25) is 11.8 Å². The molecule has 2 aromatic rings. The van der Waals surface area contributed by atoms with Crippen LogP contribution in [0.15, 0.2) is 10.6 Å². The first kappa shape index (κ1) is 17.7. The van der Waals surface area contributed by atoms with Crippen LogP contribution >= 0.6 is 0 Å². The average molecular weight is 384 g/mol. The first-order valence-corrected chi connectivity index (χ1v) is 10.4. The molecular formula is C20H28N6O2. The molecule has 0 unspecified atom stereocenters. The van der Waals surface area contributed by atoms with Crippen LogP contribution in [-0.4, -0.2) is 49.9 Å². The van der Waals surface area contributed by atoms with Crippen molar-refractivity contribution in [2.45, 2.75) is 63.8 Å². The smallest absolute Gasteiger partial charge is 0.316 e. The molecule has 2 fully saturated rings. The number of anilines is 1. The minimum Gasteiger partial charge on any atom is -0.408 e. The molecule has 8 nitrogen and oxygen atoms in total. The van der Waals surface area contributed by atoms with E-state index >= 15 is 0 Å². The molecule has 2 aromatic heterocycles. The lowest BCUT2D eigenvalue weighted by Crippen LogP contribution is -2.45. The van der Waals surface area contributed by atoms with Crippen LogP contribution in [0.1, 0.15) is 62.1 Å². The number of hydrogen-bond donors (Lipinski definition) is 1. The van der Waals surface area contributed by atoms with E-state index in [4.69, 9.17) is 4.42 Å². The van der Waals surface area contributed by atoms with Crippen molar-refractivity contribution in [2.75, 3.05) is 18.4 Å². The Morgan fingerprint density at radius 1 is 1.29 bits per heavy atom. The fraction of sp³-hybridized carbons (Fsp3) is 0.700. The molecular weight excluding hydrogens is 356 g/mol. The molecule has 1 saturated heterocycles. The van der Waals surface area contributed by atoms with Crippen molar-refractivity contribution in [3.05, 3.63) is 23.3 Å². The second-order valence-corrected chi connectivity index (χ2v) is 8.82. The van der Waals surface area contributed by atoms with Crippen molar-refractivity contribution in [3.63, 3.8) is 0 Å². The summed E-state index contributed by atoms with van der Waals surface area (Å²) in [5.74, 6) is 0.973. The van der Waals surface area contributed by atoms with Crippen LogP contribution in [0.25, 0.3) is 0 Å². The maximum absolute atomic E-state index is 12.7. The second kappa shape index (κ2) is 6.60. The molecule has 8 heteroatoms. The Morgan fingerprint density at radius 3 is 2.82 bits per heavy atom. The third-order valence-electron chi connectivity index (χ3n) is 6.94. The highest BCUT2D eigenvalue weighted by Crippen LogP contribution is 2.53. The molecule has 1 spiro atoms. The van der Waals surface area contributed by atoms with Crippen LogP contribution in [0.5, 0.6) is 0 Å². The molecule has 2 aliphatic carbocycles. The highest BCUT2D eigenvalue weighted by molar-refractivity contribution is 5.83. The molecule has 3 heterocycles. The lowest BCUT2D eigenvalue weighted by atomic mass is 9.88. The minimum atomic E-state index is -0.363. The highest BCUT2D eigenvalue weighted by atomic mass is 16.4. The van der Waals surface area contributed by atoms with E-state index in [9.17, 15) is 4.79 Å². The molecule has 0 radical (unpaired) electrons. The van der Waals surface area contributed by atoms with Gasteiger partial charge in [-0.05, 0) is 62.8 Å². The van der Waals surface area contributed by atoms with E-state index in [1.54, 1.807) is 0 Å². The number of piperidine rings is 1.